The summed E-state index contributed by atoms with van der Waals surface area (Å²) in [4.78, 5) is 26.1. The van der Waals surface area contributed by atoms with Crippen molar-refractivity contribution in [1.29, 1.82) is 0 Å². The van der Waals surface area contributed by atoms with Crippen molar-refractivity contribution < 1.29 is 28.5 Å². The average molecular weight is 443 g/mol. The molecule has 32 heavy (non-hydrogen) atoms. The number of rotatable bonds is 10. The Morgan fingerprint density at radius 2 is 1.62 bits per heavy atom. The van der Waals surface area contributed by atoms with Crippen LogP contribution in [0, 0.1) is 0 Å². The Labute approximate surface area is 188 Å². The molecule has 172 valence electrons. The number of morpholine rings is 1. The van der Waals surface area contributed by atoms with E-state index in [4.69, 9.17) is 18.9 Å². The number of amides is 1. The van der Waals surface area contributed by atoms with Gasteiger partial charge in [0.15, 0.2) is 12.4 Å². The second-order valence-electron chi connectivity index (χ2n) is 7.20. The number of benzene rings is 2. The fourth-order valence-electron chi connectivity index (χ4n) is 3.37. The van der Waals surface area contributed by atoms with Crippen molar-refractivity contribution in [3.8, 4) is 17.2 Å². The lowest BCUT2D eigenvalue weighted by atomic mass is 10.1. The summed E-state index contributed by atoms with van der Waals surface area (Å²) in [5.74, 6) is 1.39. The highest BCUT2D eigenvalue weighted by atomic mass is 16.5. The number of hydrogen-bond acceptors (Lipinski definition) is 7. The molecule has 1 N–H and O–H groups in total. The molecule has 1 fully saturated rings. The van der Waals surface area contributed by atoms with Crippen molar-refractivity contribution in [3.05, 3.63) is 42.0 Å². The molecule has 0 spiro atoms. The van der Waals surface area contributed by atoms with Crippen molar-refractivity contribution in [2.75, 3.05) is 56.3 Å². The van der Waals surface area contributed by atoms with Gasteiger partial charge in [0.25, 0.3) is 5.91 Å². The standard InChI is InChI=1S/C24H30N2O6/c1-4-30-22-15-21(26-10-12-29-13-11-26)23(31-5-2)14-20(22)25-24(28)16-32-19-8-6-18(7-9-19)17(3)27/h6-9,14-15H,4-5,10-13,16H2,1-3H3,(H,25,28). The van der Waals surface area contributed by atoms with Gasteiger partial charge in [-0.1, -0.05) is 0 Å². The molecule has 1 aliphatic heterocycles. The number of hydrogen-bond donors (Lipinski definition) is 1. The van der Waals surface area contributed by atoms with E-state index in [-0.39, 0.29) is 18.3 Å². The molecule has 8 heteroatoms. The van der Waals surface area contributed by atoms with Crippen LogP contribution in [-0.4, -0.2) is 57.8 Å². The maximum atomic E-state index is 12.6. The number of nitrogens with one attached hydrogen (secondary N) is 1. The van der Waals surface area contributed by atoms with Gasteiger partial charge in [-0.3, -0.25) is 9.59 Å². The molecule has 0 saturated carbocycles. The zero-order chi connectivity index (χ0) is 22.9. The van der Waals surface area contributed by atoms with Crippen LogP contribution in [0.5, 0.6) is 17.2 Å². The van der Waals surface area contributed by atoms with Crippen LogP contribution in [0.25, 0.3) is 0 Å². The summed E-state index contributed by atoms with van der Waals surface area (Å²) >= 11 is 0. The van der Waals surface area contributed by atoms with E-state index in [0.29, 0.717) is 54.9 Å². The van der Waals surface area contributed by atoms with Gasteiger partial charge in [-0.2, -0.15) is 0 Å². The summed E-state index contributed by atoms with van der Waals surface area (Å²) in [6, 6.07) is 10.4. The summed E-state index contributed by atoms with van der Waals surface area (Å²) in [5.41, 5.74) is 2.03. The van der Waals surface area contributed by atoms with E-state index < -0.39 is 0 Å². The molecule has 0 radical (unpaired) electrons. The van der Waals surface area contributed by atoms with Crippen LogP contribution >= 0.6 is 0 Å². The molecule has 1 saturated heterocycles. The maximum absolute atomic E-state index is 12.6. The first-order valence-corrected chi connectivity index (χ1v) is 10.8. The van der Waals surface area contributed by atoms with Gasteiger partial charge in [0.2, 0.25) is 0 Å². The minimum absolute atomic E-state index is 0.0247. The van der Waals surface area contributed by atoms with Crippen molar-refractivity contribution in [2.24, 2.45) is 0 Å². The molecular weight excluding hydrogens is 412 g/mol. The van der Waals surface area contributed by atoms with Gasteiger partial charge in [-0.25, -0.2) is 0 Å². The molecule has 0 bridgehead atoms. The fraction of sp³-hybridized carbons (Fsp3) is 0.417. The van der Waals surface area contributed by atoms with Crippen molar-refractivity contribution in [3.63, 3.8) is 0 Å². The van der Waals surface area contributed by atoms with Crippen molar-refractivity contribution in [2.45, 2.75) is 20.8 Å². The summed E-state index contributed by atoms with van der Waals surface area (Å²) in [5, 5.41) is 2.86. The van der Waals surface area contributed by atoms with Crippen LogP contribution < -0.4 is 24.4 Å². The Balaban J connectivity index is 1.73. The third-order valence-electron chi connectivity index (χ3n) is 4.92. The number of anilines is 2. The average Bonchev–Trinajstić information content (AvgIpc) is 2.80. The van der Waals surface area contributed by atoms with Crippen LogP contribution in [0.1, 0.15) is 31.1 Å². The van der Waals surface area contributed by atoms with Crippen LogP contribution in [0.15, 0.2) is 36.4 Å². The third-order valence-corrected chi connectivity index (χ3v) is 4.92. The third kappa shape index (κ3) is 6.13. The number of ketones is 1. The van der Waals surface area contributed by atoms with Gasteiger partial charge in [0.05, 0.1) is 37.8 Å². The summed E-state index contributed by atoms with van der Waals surface area (Å²) in [6.45, 7) is 8.91. The minimum Gasteiger partial charge on any atom is -0.492 e. The zero-order valence-corrected chi connectivity index (χ0v) is 18.8. The first kappa shape index (κ1) is 23.4. The number of carbonyl (C=O) groups is 2. The molecule has 1 heterocycles. The molecule has 3 rings (SSSR count). The van der Waals surface area contributed by atoms with E-state index in [1.54, 1.807) is 30.3 Å². The van der Waals surface area contributed by atoms with Gasteiger partial charge in [-0.15, -0.1) is 0 Å². The van der Waals surface area contributed by atoms with E-state index in [9.17, 15) is 9.59 Å². The highest BCUT2D eigenvalue weighted by molar-refractivity contribution is 5.95. The molecule has 2 aromatic carbocycles. The molecule has 0 atom stereocenters. The molecule has 1 aliphatic rings. The Morgan fingerprint density at radius 1 is 0.969 bits per heavy atom. The van der Waals surface area contributed by atoms with Crippen LogP contribution in [-0.2, 0) is 9.53 Å². The predicted octanol–water partition coefficient (Wildman–Crippen LogP) is 3.54. The van der Waals surface area contributed by atoms with Gasteiger partial charge < -0.3 is 29.2 Å². The molecule has 2 aromatic rings. The number of carbonyl (C=O) groups excluding carboxylic acids is 2. The van der Waals surface area contributed by atoms with Crippen molar-refractivity contribution in [1.82, 2.24) is 0 Å². The normalized spacial score (nSPS) is 13.4. The van der Waals surface area contributed by atoms with E-state index in [0.717, 1.165) is 18.8 Å². The fourth-order valence-corrected chi connectivity index (χ4v) is 3.37. The summed E-state index contributed by atoms with van der Waals surface area (Å²) in [6.07, 6.45) is 0. The lowest BCUT2D eigenvalue weighted by Crippen LogP contribution is -2.36. The van der Waals surface area contributed by atoms with E-state index >= 15 is 0 Å². The molecule has 1 amide bonds. The van der Waals surface area contributed by atoms with Crippen LogP contribution in [0.3, 0.4) is 0 Å². The Bertz CT molecular complexity index is 923. The number of ether oxygens (including phenoxy) is 4. The second-order valence-corrected chi connectivity index (χ2v) is 7.20. The molecule has 0 unspecified atom stereocenters. The molecule has 0 aromatic heterocycles. The quantitative estimate of drug-likeness (QED) is 0.563. The molecule has 8 nitrogen and oxygen atoms in total. The van der Waals surface area contributed by atoms with Crippen LogP contribution in [0.4, 0.5) is 11.4 Å². The first-order chi connectivity index (χ1) is 15.5. The molecular formula is C24H30N2O6. The molecule has 0 aliphatic carbocycles. The first-order valence-electron chi connectivity index (χ1n) is 10.8. The largest absolute Gasteiger partial charge is 0.492 e. The zero-order valence-electron chi connectivity index (χ0n) is 18.8. The summed E-state index contributed by atoms with van der Waals surface area (Å²) in [7, 11) is 0. The maximum Gasteiger partial charge on any atom is 0.262 e. The predicted molar refractivity (Wildman–Crippen MR) is 122 cm³/mol. The second kappa shape index (κ2) is 11.4. The monoisotopic (exact) mass is 442 g/mol. The SMILES string of the molecule is CCOc1cc(N2CCOCC2)c(OCC)cc1NC(=O)COc1ccc(C(C)=O)cc1. The Hall–Kier alpha value is -3.26. The van der Waals surface area contributed by atoms with E-state index in [1.165, 1.54) is 6.92 Å². The smallest absolute Gasteiger partial charge is 0.262 e. The minimum atomic E-state index is -0.330. The number of nitrogens with zero attached hydrogens (tertiary/aromatic N) is 1. The van der Waals surface area contributed by atoms with E-state index in [2.05, 4.69) is 10.2 Å². The van der Waals surface area contributed by atoms with Gasteiger partial charge in [-0.05, 0) is 45.0 Å². The van der Waals surface area contributed by atoms with Gasteiger partial charge >= 0.3 is 0 Å². The topological polar surface area (TPSA) is 86.3 Å². The van der Waals surface area contributed by atoms with Crippen LogP contribution in [0.2, 0.25) is 0 Å². The Kier molecular flexibility index (Phi) is 8.33. The number of Topliss-reactive ketones (excluding diaryl/α,β-unsaturated/α-hetero) is 1. The summed E-state index contributed by atoms with van der Waals surface area (Å²) < 4.78 is 22.7. The highest BCUT2D eigenvalue weighted by Gasteiger charge is 2.20. The van der Waals surface area contributed by atoms with Gasteiger partial charge in [0.1, 0.15) is 17.2 Å². The Morgan fingerprint density at radius 3 is 2.25 bits per heavy atom. The lowest BCUT2D eigenvalue weighted by molar-refractivity contribution is -0.118. The highest BCUT2D eigenvalue weighted by Crippen LogP contribution is 2.39. The van der Waals surface area contributed by atoms with Crippen molar-refractivity contribution >= 4 is 23.1 Å². The van der Waals surface area contributed by atoms with E-state index in [1.807, 2.05) is 19.9 Å². The lowest BCUT2D eigenvalue weighted by Gasteiger charge is -2.31. The van der Waals surface area contributed by atoms with Gasteiger partial charge in [0, 0.05) is 30.8 Å².